The number of piperidine rings is 1. The van der Waals surface area contributed by atoms with Crippen LogP contribution in [-0.4, -0.2) is 52.2 Å². The Balaban J connectivity index is 1.27. The van der Waals surface area contributed by atoms with Crippen LogP contribution in [0, 0.1) is 17.7 Å². The number of fused-ring (bicyclic) bond motifs is 1. The van der Waals surface area contributed by atoms with Gasteiger partial charge in [0, 0.05) is 48.7 Å². The highest BCUT2D eigenvalue weighted by Gasteiger charge is 2.66. The van der Waals surface area contributed by atoms with Crippen LogP contribution in [0.1, 0.15) is 11.4 Å². The molecule has 0 bridgehead atoms. The number of cyclic esters (lactones) is 1. The number of aromatic nitrogens is 4. The largest absolute Gasteiger partial charge is 0.444 e. The molecular formula is C22H22FN7O2. The van der Waals surface area contributed by atoms with Gasteiger partial charge in [-0.3, -0.25) is 9.88 Å². The fourth-order valence-corrected chi connectivity index (χ4v) is 5.18. The van der Waals surface area contributed by atoms with E-state index in [1.165, 1.54) is 11.0 Å². The highest BCUT2D eigenvalue weighted by molar-refractivity contribution is 5.90. The highest BCUT2D eigenvalue weighted by Crippen LogP contribution is 2.58. The summed E-state index contributed by atoms with van der Waals surface area (Å²) in [7, 11) is 0. The second-order valence-electron chi connectivity index (χ2n) is 8.65. The normalized spacial score (nSPS) is 28.6. The average Bonchev–Trinajstić information content (AvgIpc) is 3.36. The summed E-state index contributed by atoms with van der Waals surface area (Å²) in [5.41, 5.74) is 9.19. The lowest BCUT2D eigenvalue weighted by Gasteiger charge is -2.20. The third-order valence-electron chi connectivity index (χ3n) is 6.88. The fraction of sp³-hybridized carbons (Fsp3) is 0.364. The monoisotopic (exact) mass is 435 g/mol. The van der Waals surface area contributed by atoms with Gasteiger partial charge in [-0.2, -0.15) is 15.4 Å². The summed E-state index contributed by atoms with van der Waals surface area (Å²) < 4.78 is 20.7. The van der Waals surface area contributed by atoms with Gasteiger partial charge in [-0.05, 0) is 24.3 Å². The molecule has 1 aliphatic carbocycles. The van der Waals surface area contributed by atoms with Crippen LogP contribution >= 0.6 is 0 Å². The highest BCUT2D eigenvalue weighted by atomic mass is 19.1. The number of anilines is 1. The average molecular weight is 435 g/mol. The minimum absolute atomic E-state index is 0.310. The maximum Gasteiger partial charge on any atom is 0.414 e. The van der Waals surface area contributed by atoms with Gasteiger partial charge in [0.1, 0.15) is 11.9 Å². The van der Waals surface area contributed by atoms with E-state index in [4.69, 9.17) is 10.5 Å². The number of ether oxygens (including phenoxy) is 1. The van der Waals surface area contributed by atoms with Gasteiger partial charge < -0.3 is 15.8 Å². The quantitative estimate of drug-likeness (QED) is 0.556. The number of carbonyl (C=O) groups excluding carboxylic acids is 1. The number of hydrogen-bond acceptors (Lipinski definition) is 7. The van der Waals surface area contributed by atoms with Gasteiger partial charge in [0.15, 0.2) is 0 Å². The predicted molar refractivity (Wildman–Crippen MR) is 113 cm³/mol. The Labute approximate surface area is 183 Å². The van der Waals surface area contributed by atoms with Crippen molar-refractivity contribution >= 4 is 11.8 Å². The molecular weight excluding hydrogens is 413 g/mol. The molecule has 1 aromatic carbocycles. The number of benzene rings is 1. The topological polar surface area (TPSA) is 122 Å². The number of aromatic amines is 1. The first-order chi connectivity index (χ1) is 15.6. The van der Waals surface area contributed by atoms with Crippen molar-refractivity contribution in [1.29, 1.82) is 0 Å². The summed E-state index contributed by atoms with van der Waals surface area (Å²) in [6.45, 7) is 2.02. The van der Waals surface area contributed by atoms with Gasteiger partial charge in [-0.25, -0.2) is 9.18 Å². The van der Waals surface area contributed by atoms with Crippen molar-refractivity contribution in [2.24, 2.45) is 17.6 Å². The van der Waals surface area contributed by atoms with Crippen molar-refractivity contribution in [2.75, 3.05) is 24.5 Å². The van der Waals surface area contributed by atoms with E-state index < -0.39 is 17.4 Å². The van der Waals surface area contributed by atoms with Gasteiger partial charge in [0.05, 0.1) is 35.4 Å². The number of nitrogens with zero attached hydrogens (tertiary/aromatic N) is 4. The van der Waals surface area contributed by atoms with Crippen molar-refractivity contribution in [2.45, 2.75) is 18.1 Å². The molecule has 0 radical (unpaired) electrons. The zero-order chi connectivity index (χ0) is 21.9. The Morgan fingerprint density at radius 1 is 1.25 bits per heavy atom. The van der Waals surface area contributed by atoms with Crippen LogP contribution in [0.2, 0.25) is 0 Å². The van der Waals surface area contributed by atoms with Crippen LogP contribution < -0.4 is 16.0 Å². The maximum atomic E-state index is 15.3. The summed E-state index contributed by atoms with van der Waals surface area (Å²) in [5, 5.41) is 13.6. The van der Waals surface area contributed by atoms with Gasteiger partial charge >= 0.3 is 6.09 Å². The summed E-state index contributed by atoms with van der Waals surface area (Å²) in [6, 6.07) is 8.42. The Bertz CT molecular complexity index is 1170. The van der Waals surface area contributed by atoms with E-state index in [-0.39, 0.29) is 6.10 Å². The van der Waals surface area contributed by atoms with E-state index in [2.05, 4.69) is 25.7 Å². The smallest absolute Gasteiger partial charge is 0.414 e. The third kappa shape index (κ3) is 2.90. The van der Waals surface area contributed by atoms with E-state index in [9.17, 15) is 4.79 Å². The molecule has 32 heavy (non-hydrogen) atoms. The molecule has 0 spiro atoms. The molecule has 3 aliphatic rings. The molecule has 9 nitrogen and oxygen atoms in total. The lowest BCUT2D eigenvalue weighted by molar-refractivity contribution is 0.141. The number of carbonyl (C=O) groups is 1. The first-order valence-electron chi connectivity index (χ1n) is 10.6. The number of nitrogens with one attached hydrogen (secondary N) is 2. The zero-order valence-corrected chi connectivity index (χ0v) is 17.2. The van der Waals surface area contributed by atoms with E-state index in [1.807, 2.05) is 6.07 Å². The van der Waals surface area contributed by atoms with Crippen molar-refractivity contribution in [3.05, 3.63) is 59.9 Å². The SMILES string of the molecule is NC1(c2ncccc2-c2ccc(N3C[C@@H](Cc4cn[nH]n4)OC3=O)cc2F)C2CNCC21. The van der Waals surface area contributed by atoms with Crippen molar-refractivity contribution < 1.29 is 13.9 Å². The molecule has 164 valence electrons. The molecule has 3 atom stereocenters. The van der Waals surface area contributed by atoms with Crippen molar-refractivity contribution in [3.63, 3.8) is 0 Å². The number of H-pyrrole nitrogens is 1. The molecule has 2 aliphatic heterocycles. The van der Waals surface area contributed by atoms with E-state index in [0.717, 1.165) is 18.8 Å². The molecule has 4 heterocycles. The maximum absolute atomic E-state index is 15.3. The number of pyridine rings is 1. The summed E-state index contributed by atoms with van der Waals surface area (Å²) >= 11 is 0. The fourth-order valence-electron chi connectivity index (χ4n) is 5.18. The van der Waals surface area contributed by atoms with Crippen LogP contribution in [0.3, 0.4) is 0 Å². The standard InChI is InChI=1S/C22H22FN7O2/c23-19-7-13(30-11-14(32-21(30)31)6-12-8-27-29-28-12)3-4-15(19)16-2-1-5-26-20(16)22(24)17-9-25-10-18(17)22/h1-5,7-8,14,17-18,25H,6,9-11,24H2,(H,27,28,29)/t14-,17?,18?,22?/m1/s1. The molecule has 1 amide bonds. The third-order valence-corrected chi connectivity index (χ3v) is 6.88. The van der Waals surface area contributed by atoms with Crippen LogP contribution in [0.25, 0.3) is 11.1 Å². The van der Waals surface area contributed by atoms with Gasteiger partial charge in [0.25, 0.3) is 0 Å². The Kier molecular flexibility index (Phi) is 4.27. The minimum atomic E-state index is -0.528. The summed E-state index contributed by atoms with van der Waals surface area (Å²) in [4.78, 5) is 18.4. The minimum Gasteiger partial charge on any atom is -0.444 e. The van der Waals surface area contributed by atoms with E-state index >= 15 is 4.39 Å². The molecule has 2 aromatic heterocycles. The molecule has 6 rings (SSSR count). The Hall–Kier alpha value is -3.37. The number of halogens is 1. The zero-order valence-electron chi connectivity index (χ0n) is 17.2. The summed E-state index contributed by atoms with van der Waals surface area (Å²) in [6.07, 6.45) is 2.85. The summed E-state index contributed by atoms with van der Waals surface area (Å²) in [5.74, 6) is 0.205. The van der Waals surface area contributed by atoms with Gasteiger partial charge in [-0.15, -0.1) is 0 Å². The molecule has 3 fully saturated rings. The van der Waals surface area contributed by atoms with Crippen LogP contribution in [-0.2, 0) is 16.7 Å². The van der Waals surface area contributed by atoms with E-state index in [1.54, 1.807) is 30.6 Å². The first kappa shape index (κ1) is 19.3. The molecule has 2 saturated heterocycles. The molecule has 4 N–H and O–H groups in total. The van der Waals surface area contributed by atoms with Crippen molar-refractivity contribution in [3.8, 4) is 11.1 Å². The number of hydrogen-bond donors (Lipinski definition) is 3. The van der Waals surface area contributed by atoms with Gasteiger partial charge in [-0.1, -0.05) is 6.07 Å². The van der Waals surface area contributed by atoms with E-state index in [0.29, 0.717) is 47.3 Å². The molecule has 3 aromatic rings. The number of rotatable bonds is 5. The molecule has 2 unspecified atom stereocenters. The van der Waals surface area contributed by atoms with Crippen LogP contribution in [0.15, 0.2) is 42.7 Å². The van der Waals surface area contributed by atoms with Crippen LogP contribution in [0.5, 0.6) is 0 Å². The lowest BCUT2D eigenvalue weighted by atomic mass is 9.95. The number of amides is 1. The second-order valence-corrected chi connectivity index (χ2v) is 8.65. The van der Waals surface area contributed by atoms with Gasteiger partial charge in [0.2, 0.25) is 0 Å². The molecule has 1 saturated carbocycles. The number of nitrogens with two attached hydrogens (primary N) is 1. The Morgan fingerprint density at radius 3 is 2.84 bits per heavy atom. The second kappa shape index (κ2) is 7.07. The predicted octanol–water partition coefficient (Wildman–Crippen LogP) is 1.58. The van der Waals surface area contributed by atoms with Crippen LogP contribution in [0.4, 0.5) is 14.9 Å². The lowest BCUT2D eigenvalue weighted by Crippen LogP contribution is -2.34. The Morgan fingerprint density at radius 2 is 2.09 bits per heavy atom. The van der Waals surface area contributed by atoms with Crippen molar-refractivity contribution in [1.82, 2.24) is 25.7 Å². The first-order valence-corrected chi connectivity index (χ1v) is 10.6. The molecule has 10 heteroatoms.